The first-order valence-corrected chi connectivity index (χ1v) is 6.62. The molecule has 0 aliphatic carbocycles. The zero-order chi connectivity index (χ0) is 15.0. The van der Waals surface area contributed by atoms with Crippen molar-refractivity contribution in [1.29, 1.82) is 5.26 Å². The van der Waals surface area contributed by atoms with E-state index in [9.17, 15) is 4.79 Å². The zero-order valence-electron chi connectivity index (χ0n) is 11.8. The third-order valence-corrected chi connectivity index (χ3v) is 2.93. The van der Waals surface area contributed by atoms with Crippen molar-refractivity contribution in [3.05, 3.63) is 29.8 Å². The lowest BCUT2D eigenvalue weighted by atomic mass is 10.1. The Morgan fingerprint density at radius 1 is 1.45 bits per heavy atom. The van der Waals surface area contributed by atoms with E-state index in [1.807, 2.05) is 13.0 Å². The van der Waals surface area contributed by atoms with Crippen molar-refractivity contribution in [1.82, 2.24) is 5.32 Å². The molecular weight excluding hydrogens is 256 g/mol. The first-order valence-electron chi connectivity index (χ1n) is 6.62. The number of carbonyl (C=O) groups excluding carboxylic acids is 1. The Morgan fingerprint density at radius 3 is 2.80 bits per heavy atom. The molecule has 108 valence electrons. The van der Waals surface area contributed by atoms with Gasteiger partial charge in [-0.25, -0.2) is 0 Å². The normalized spacial score (nSPS) is 13.1. The van der Waals surface area contributed by atoms with E-state index >= 15 is 0 Å². The minimum Gasteiger partial charge on any atom is -0.480 e. The van der Waals surface area contributed by atoms with E-state index in [4.69, 9.17) is 15.1 Å². The van der Waals surface area contributed by atoms with Gasteiger partial charge in [-0.05, 0) is 31.4 Å². The van der Waals surface area contributed by atoms with Crippen molar-refractivity contribution < 1.29 is 14.6 Å². The summed E-state index contributed by atoms with van der Waals surface area (Å²) in [5.74, 6) is 0.381. The average Bonchev–Trinajstić information content (AvgIpc) is 2.45. The fourth-order valence-electron chi connectivity index (χ4n) is 1.65. The van der Waals surface area contributed by atoms with Gasteiger partial charge in [0.05, 0.1) is 5.56 Å². The molecule has 2 N–H and O–H groups in total. The highest BCUT2D eigenvalue weighted by Crippen LogP contribution is 2.18. The molecule has 0 aliphatic heterocycles. The number of para-hydroxylation sites is 1. The van der Waals surface area contributed by atoms with Gasteiger partial charge in [0, 0.05) is 13.2 Å². The van der Waals surface area contributed by atoms with Crippen LogP contribution in [0.3, 0.4) is 0 Å². The molecular formula is C15H20N2O3. The molecule has 1 amide bonds. The van der Waals surface area contributed by atoms with Gasteiger partial charge in [-0.1, -0.05) is 19.1 Å². The summed E-state index contributed by atoms with van der Waals surface area (Å²) in [5.41, 5.74) is 0.404. The molecule has 2 atom stereocenters. The summed E-state index contributed by atoms with van der Waals surface area (Å²) >= 11 is 0. The number of benzene rings is 1. The second-order valence-corrected chi connectivity index (χ2v) is 4.73. The van der Waals surface area contributed by atoms with Gasteiger partial charge in [-0.3, -0.25) is 4.79 Å². The largest absolute Gasteiger partial charge is 0.480 e. The molecule has 0 aromatic heterocycles. The highest BCUT2D eigenvalue weighted by molar-refractivity contribution is 5.80. The molecule has 5 nitrogen and oxygen atoms in total. The van der Waals surface area contributed by atoms with Gasteiger partial charge in [0.2, 0.25) is 0 Å². The van der Waals surface area contributed by atoms with E-state index in [1.54, 1.807) is 31.2 Å². The van der Waals surface area contributed by atoms with Crippen molar-refractivity contribution in [3.63, 3.8) is 0 Å². The number of hydrogen-bond donors (Lipinski definition) is 2. The van der Waals surface area contributed by atoms with Crippen LogP contribution in [0.15, 0.2) is 24.3 Å². The molecule has 0 fully saturated rings. The minimum absolute atomic E-state index is 0.110. The standard InChI is InChI=1S/C15H20N2O3/c1-11(7-8-18)10-17-15(19)12(2)20-14-6-4-3-5-13(14)9-16/h3-6,11-12,18H,7-8,10H2,1-2H3,(H,17,19). The summed E-state index contributed by atoms with van der Waals surface area (Å²) in [6.45, 7) is 4.19. The van der Waals surface area contributed by atoms with Crippen LogP contribution in [0.1, 0.15) is 25.8 Å². The fourth-order valence-corrected chi connectivity index (χ4v) is 1.65. The first kappa shape index (κ1) is 16.0. The van der Waals surface area contributed by atoms with E-state index in [1.165, 1.54) is 0 Å². The Labute approximate surface area is 119 Å². The second-order valence-electron chi connectivity index (χ2n) is 4.73. The summed E-state index contributed by atoms with van der Waals surface area (Å²) in [4.78, 5) is 11.9. The Hall–Kier alpha value is -2.06. The SMILES string of the molecule is CC(CCO)CNC(=O)C(C)Oc1ccccc1C#N. The molecule has 1 rings (SSSR count). The predicted octanol–water partition coefficient (Wildman–Crippen LogP) is 1.46. The highest BCUT2D eigenvalue weighted by Gasteiger charge is 2.16. The van der Waals surface area contributed by atoms with Crippen LogP contribution in [-0.2, 0) is 4.79 Å². The van der Waals surface area contributed by atoms with Crippen LogP contribution < -0.4 is 10.1 Å². The maximum absolute atomic E-state index is 11.9. The Kier molecular flexibility index (Phi) is 6.54. The number of carbonyl (C=O) groups is 1. The van der Waals surface area contributed by atoms with E-state index in [0.29, 0.717) is 24.3 Å². The monoisotopic (exact) mass is 276 g/mol. The van der Waals surface area contributed by atoms with Crippen LogP contribution in [0.5, 0.6) is 5.75 Å². The number of aliphatic hydroxyl groups is 1. The van der Waals surface area contributed by atoms with Crippen LogP contribution in [0, 0.1) is 17.2 Å². The first-order chi connectivity index (χ1) is 9.58. The molecule has 0 saturated heterocycles. The number of rotatable bonds is 7. The Bertz CT molecular complexity index is 482. The molecule has 0 spiro atoms. The highest BCUT2D eigenvalue weighted by atomic mass is 16.5. The molecule has 20 heavy (non-hydrogen) atoms. The van der Waals surface area contributed by atoms with Gasteiger partial charge < -0.3 is 15.2 Å². The van der Waals surface area contributed by atoms with Crippen molar-refractivity contribution in [2.24, 2.45) is 5.92 Å². The van der Waals surface area contributed by atoms with Gasteiger partial charge in [-0.2, -0.15) is 5.26 Å². The molecule has 2 unspecified atom stereocenters. The summed E-state index contributed by atoms with van der Waals surface area (Å²) in [5, 5.41) is 20.5. The lowest BCUT2D eigenvalue weighted by molar-refractivity contribution is -0.127. The van der Waals surface area contributed by atoms with Crippen molar-refractivity contribution in [3.8, 4) is 11.8 Å². The molecule has 0 heterocycles. The predicted molar refractivity (Wildman–Crippen MR) is 75.1 cm³/mol. The van der Waals surface area contributed by atoms with Crippen LogP contribution in [0.2, 0.25) is 0 Å². The van der Waals surface area contributed by atoms with Gasteiger partial charge in [-0.15, -0.1) is 0 Å². The molecule has 1 aromatic carbocycles. The van der Waals surface area contributed by atoms with E-state index in [-0.39, 0.29) is 18.4 Å². The number of aliphatic hydroxyl groups excluding tert-OH is 1. The van der Waals surface area contributed by atoms with E-state index < -0.39 is 6.10 Å². The van der Waals surface area contributed by atoms with Crippen molar-refractivity contribution in [2.75, 3.05) is 13.2 Å². The lowest BCUT2D eigenvalue weighted by Gasteiger charge is -2.17. The quantitative estimate of drug-likeness (QED) is 0.790. The topological polar surface area (TPSA) is 82.3 Å². The second kappa shape index (κ2) is 8.18. The van der Waals surface area contributed by atoms with Gasteiger partial charge >= 0.3 is 0 Å². The van der Waals surface area contributed by atoms with Gasteiger partial charge in [0.15, 0.2) is 6.10 Å². The lowest BCUT2D eigenvalue weighted by Crippen LogP contribution is -2.38. The molecule has 1 aromatic rings. The van der Waals surface area contributed by atoms with E-state index in [2.05, 4.69) is 5.32 Å². The fraction of sp³-hybridized carbons (Fsp3) is 0.467. The number of amides is 1. The zero-order valence-corrected chi connectivity index (χ0v) is 11.8. The summed E-state index contributed by atoms with van der Waals surface area (Å²) in [7, 11) is 0. The Balaban J connectivity index is 2.52. The van der Waals surface area contributed by atoms with Crippen LogP contribution >= 0.6 is 0 Å². The summed E-state index contributed by atoms with van der Waals surface area (Å²) in [6, 6.07) is 8.82. The molecule has 0 aliphatic rings. The van der Waals surface area contributed by atoms with Crippen LogP contribution in [-0.4, -0.2) is 30.3 Å². The van der Waals surface area contributed by atoms with Crippen LogP contribution in [0.4, 0.5) is 0 Å². The number of ether oxygens (including phenoxy) is 1. The summed E-state index contributed by atoms with van der Waals surface area (Å²) < 4.78 is 5.51. The third-order valence-electron chi connectivity index (χ3n) is 2.93. The summed E-state index contributed by atoms with van der Waals surface area (Å²) in [6.07, 6.45) is -0.0295. The third kappa shape index (κ3) is 4.90. The molecule has 0 saturated carbocycles. The maximum Gasteiger partial charge on any atom is 0.260 e. The van der Waals surface area contributed by atoms with Crippen molar-refractivity contribution in [2.45, 2.75) is 26.4 Å². The van der Waals surface area contributed by atoms with E-state index in [0.717, 1.165) is 0 Å². The number of nitrogens with zero attached hydrogens (tertiary/aromatic N) is 1. The number of nitrogens with one attached hydrogen (secondary N) is 1. The minimum atomic E-state index is -0.675. The molecule has 0 radical (unpaired) electrons. The maximum atomic E-state index is 11.9. The average molecular weight is 276 g/mol. The van der Waals surface area contributed by atoms with Crippen molar-refractivity contribution >= 4 is 5.91 Å². The molecule has 0 bridgehead atoms. The Morgan fingerprint density at radius 2 is 2.15 bits per heavy atom. The van der Waals surface area contributed by atoms with Gasteiger partial charge in [0.1, 0.15) is 11.8 Å². The number of hydrogen-bond acceptors (Lipinski definition) is 4. The van der Waals surface area contributed by atoms with Crippen LogP contribution in [0.25, 0.3) is 0 Å². The molecule has 5 heteroatoms. The van der Waals surface area contributed by atoms with Gasteiger partial charge in [0.25, 0.3) is 5.91 Å². The smallest absolute Gasteiger partial charge is 0.260 e. The number of nitriles is 1.